The van der Waals surface area contributed by atoms with Gasteiger partial charge in [0.1, 0.15) is 0 Å². The Bertz CT molecular complexity index is 447. The minimum atomic E-state index is -1.00. The molecular weight excluding hydrogens is 244 g/mol. The summed E-state index contributed by atoms with van der Waals surface area (Å²) < 4.78 is 9.91. The maximum absolute atomic E-state index is 11.9. The van der Waals surface area contributed by atoms with Crippen LogP contribution in [-0.2, 0) is 19.1 Å². The molecule has 0 heterocycles. The van der Waals surface area contributed by atoms with Crippen LogP contribution in [0.3, 0.4) is 0 Å². The highest BCUT2D eigenvalue weighted by Gasteiger charge is 2.31. The molecule has 0 aliphatic heterocycles. The molecule has 0 saturated heterocycles. The van der Waals surface area contributed by atoms with Crippen LogP contribution in [0.4, 0.5) is 0 Å². The third kappa shape index (κ3) is 3.81. The molecule has 0 atom stereocenters. The van der Waals surface area contributed by atoms with Gasteiger partial charge in [-0.15, -0.1) is 0 Å². The zero-order valence-corrected chi connectivity index (χ0v) is 11.9. The second-order valence-electron chi connectivity index (χ2n) is 4.28. The van der Waals surface area contributed by atoms with Crippen molar-refractivity contribution >= 4 is 11.9 Å². The van der Waals surface area contributed by atoms with E-state index < -0.39 is 17.9 Å². The van der Waals surface area contributed by atoms with E-state index in [1.807, 2.05) is 26.0 Å². The van der Waals surface area contributed by atoms with Crippen LogP contribution in [0.5, 0.6) is 0 Å². The molecule has 4 heteroatoms. The first-order chi connectivity index (χ1) is 9.01. The molecule has 0 aromatic heterocycles. The summed E-state index contributed by atoms with van der Waals surface area (Å²) in [5.41, 5.74) is 2.74. The zero-order valence-electron chi connectivity index (χ0n) is 11.9. The lowest BCUT2D eigenvalue weighted by atomic mass is 9.95. The van der Waals surface area contributed by atoms with Crippen LogP contribution in [0.1, 0.15) is 36.5 Å². The third-order valence-corrected chi connectivity index (χ3v) is 2.91. The van der Waals surface area contributed by atoms with E-state index in [0.717, 1.165) is 11.1 Å². The van der Waals surface area contributed by atoms with Crippen molar-refractivity contribution in [1.82, 2.24) is 0 Å². The molecule has 0 fully saturated rings. The summed E-state index contributed by atoms with van der Waals surface area (Å²) in [7, 11) is 0. The van der Waals surface area contributed by atoms with E-state index in [0.29, 0.717) is 5.56 Å². The second kappa shape index (κ2) is 6.92. The molecule has 0 spiro atoms. The third-order valence-electron chi connectivity index (χ3n) is 2.91. The van der Waals surface area contributed by atoms with Gasteiger partial charge in [0.25, 0.3) is 0 Å². The van der Waals surface area contributed by atoms with E-state index in [1.165, 1.54) is 0 Å². The maximum Gasteiger partial charge on any atom is 0.324 e. The Labute approximate surface area is 113 Å². The Hall–Kier alpha value is -1.84. The highest BCUT2D eigenvalue weighted by molar-refractivity contribution is 6.00. The van der Waals surface area contributed by atoms with E-state index in [1.54, 1.807) is 19.9 Å². The van der Waals surface area contributed by atoms with Crippen LogP contribution < -0.4 is 0 Å². The summed E-state index contributed by atoms with van der Waals surface area (Å²) in [6.45, 7) is 7.80. The van der Waals surface area contributed by atoms with Gasteiger partial charge in [-0.1, -0.05) is 18.2 Å². The van der Waals surface area contributed by atoms with Crippen LogP contribution in [0.15, 0.2) is 18.2 Å². The molecule has 19 heavy (non-hydrogen) atoms. The fourth-order valence-corrected chi connectivity index (χ4v) is 1.76. The van der Waals surface area contributed by atoms with Crippen LogP contribution in [0.25, 0.3) is 0 Å². The van der Waals surface area contributed by atoms with Crippen molar-refractivity contribution in [2.24, 2.45) is 0 Å². The molecule has 4 nitrogen and oxygen atoms in total. The average Bonchev–Trinajstić information content (AvgIpc) is 2.34. The fraction of sp³-hybridized carbons (Fsp3) is 0.467. The van der Waals surface area contributed by atoms with Crippen molar-refractivity contribution in [3.63, 3.8) is 0 Å². The van der Waals surface area contributed by atoms with Gasteiger partial charge < -0.3 is 9.47 Å². The molecule has 1 aromatic rings. The minimum Gasteiger partial charge on any atom is -0.465 e. The van der Waals surface area contributed by atoms with Gasteiger partial charge >= 0.3 is 11.9 Å². The van der Waals surface area contributed by atoms with E-state index in [4.69, 9.17) is 9.47 Å². The largest absolute Gasteiger partial charge is 0.465 e. The first-order valence-corrected chi connectivity index (χ1v) is 6.41. The van der Waals surface area contributed by atoms with E-state index in [-0.39, 0.29) is 13.2 Å². The highest BCUT2D eigenvalue weighted by Crippen LogP contribution is 2.22. The number of benzene rings is 1. The first-order valence-electron chi connectivity index (χ1n) is 6.41. The Morgan fingerprint density at radius 1 is 1.00 bits per heavy atom. The van der Waals surface area contributed by atoms with Gasteiger partial charge in [-0.3, -0.25) is 9.59 Å². The van der Waals surface area contributed by atoms with Crippen LogP contribution in [0, 0.1) is 13.8 Å². The van der Waals surface area contributed by atoms with E-state index in [2.05, 4.69) is 0 Å². The predicted molar refractivity (Wildman–Crippen MR) is 71.9 cm³/mol. The van der Waals surface area contributed by atoms with Crippen molar-refractivity contribution in [3.05, 3.63) is 34.9 Å². The quantitative estimate of drug-likeness (QED) is 0.605. The molecule has 1 rings (SSSR count). The van der Waals surface area contributed by atoms with Gasteiger partial charge in [-0.25, -0.2) is 0 Å². The molecule has 0 bridgehead atoms. The molecule has 104 valence electrons. The molecule has 1 aromatic carbocycles. The van der Waals surface area contributed by atoms with Gasteiger partial charge in [0, 0.05) is 0 Å². The van der Waals surface area contributed by atoms with Crippen molar-refractivity contribution < 1.29 is 19.1 Å². The maximum atomic E-state index is 11.9. The predicted octanol–water partition coefficient (Wildman–Crippen LogP) is 2.51. The summed E-state index contributed by atoms with van der Waals surface area (Å²) in [5.74, 6) is -2.13. The van der Waals surface area contributed by atoms with Crippen molar-refractivity contribution in [2.75, 3.05) is 13.2 Å². The molecule has 0 aliphatic carbocycles. The second-order valence-corrected chi connectivity index (χ2v) is 4.28. The summed E-state index contributed by atoms with van der Waals surface area (Å²) in [6.07, 6.45) is 0. The molecule has 0 unspecified atom stereocenters. The molecule has 0 aliphatic rings. The van der Waals surface area contributed by atoms with Gasteiger partial charge in [-0.05, 0) is 44.4 Å². The number of rotatable bonds is 5. The Morgan fingerprint density at radius 2 is 1.53 bits per heavy atom. The van der Waals surface area contributed by atoms with Crippen molar-refractivity contribution in [3.8, 4) is 0 Å². The topological polar surface area (TPSA) is 52.6 Å². The molecule has 0 N–H and O–H groups in total. The van der Waals surface area contributed by atoms with Crippen LogP contribution >= 0.6 is 0 Å². The average molecular weight is 264 g/mol. The van der Waals surface area contributed by atoms with Crippen molar-refractivity contribution in [1.29, 1.82) is 0 Å². The van der Waals surface area contributed by atoms with Crippen LogP contribution in [0.2, 0.25) is 0 Å². The lowest BCUT2D eigenvalue weighted by Gasteiger charge is -2.15. The van der Waals surface area contributed by atoms with Gasteiger partial charge in [-0.2, -0.15) is 0 Å². The van der Waals surface area contributed by atoms with E-state index in [9.17, 15) is 9.59 Å². The number of hydrogen-bond donors (Lipinski definition) is 0. The van der Waals surface area contributed by atoms with Crippen molar-refractivity contribution in [2.45, 2.75) is 33.6 Å². The standard InChI is InChI=1S/C15H20O4/c1-5-18-14(16)13(15(17)19-6-2)12-8-7-10(3)11(4)9-12/h7-9,13H,5-6H2,1-4H3. The number of carbonyl (C=O) groups excluding carboxylic acids is 2. The monoisotopic (exact) mass is 264 g/mol. The summed E-state index contributed by atoms with van der Waals surface area (Å²) in [5, 5.41) is 0. The minimum absolute atomic E-state index is 0.236. The Morgan fingerprint density at radius 3 is 1.95 bits per heavy atom. The molecule has 0 radical (unpaired) electrons. The lowest BCUT2D eigenvalue weighted by molar-refractivity contribution is -0.156. The highest BCUT2D eigenvalue weighted by atomic mass is 16.6. The molecule has 0 saturated carbocycles. The molecular formula is C15H20O4. The van der Waals surface area contributed by atoms with Gasteiger partial charge in [0.2, 0.25) is 0 Å². The summed E-state index contributed by atoms with van der Waals surface area (Å²) in [4.78, 5) is 23.9. The fourth-order valence-electron chi connectivity index (χ4n) is 1.76. The number of hydrogen-bond acceptors (Lipinski definition) is 4. The molecule has 0 amide bonds. The zero-order chi connectivity index (χ0) is 14.4. The number of carbonyl (C=O) groups is 2. The van der Waals surface area contributed by atoms with Crippen LogP contribution in [-0.4, -0.2) is 25.2 Å². The normalized spacial score (nSPS) is 10.4. The van der Waals surface area contributed by atoms with Gasteiger partial charge in [0.15, 0.2) is 5.92 Å². The van der Waals surface area contributed by atoms with Gasteiger partial charge in [0.05, 0.1) is 13.2 Å². The smallest absolute Gasteiger partial charge is 0.324 e. The Kier molecular flexibility index (Phi) is 5.55. The first kappa shape index (κ1) is 15.2. The summed E-state index contributed by atoms with van der Waals surface area (Å²) >= 11 is 0. The summed E-state index contributed by atoms with van der Waals surface area (Å²) in [6, 6.07) is 5.48. The lowest BCUT2D eigenvalue weighted by Crippen LogP contribution is -2.26. The Balaban J connectivity index is 3.11. The number of esters is 2. The number of ether oxygens (including phenoxy) is 2. The van der Waals surface area contributed by atoms with E-state index >= 15 is 0 Å². The number of aryl methyl sites for hydroxylation is 2. The SMILES string of the molecule is CCOC(=O)C(C(=O)OCC)c1ccc(C)c(C)c1.